The van der Waals surface area contributed by atoms with Crippen LogP contribution in [0.2, 0.25) is 0 Å². The van der Waals surface area contributed by atoms with E-state index in [1.165, 1.54) is 0 Å². The summed E-state index contributed by atoms with van der Waals surface area (Å²) >= 11 is 0. The van der Waals surface area contributed by atoms with Crippen LogP contribution in [-0.2, 0) is 20.2 Å². The number of aliphatic hydroxyl groups excluding tert-OH is 1. The molecule has 2 aromatic heterocycles. The minimum Gasteiger partial charge on any atom is -0.390 e. The number of aromatic nitrogens is 6. The van der Waals surface area contributed by atoms with Gasteiger partial charge < -0.3 is 9.67 Å². The summed E-state index contributed by atoms with van der Waals surface area (Å²) in [5.41, 5.74) is 0.550. The molecule has 0 saturated heterocycles. The Balaban J connectivity index is 2.18. The van der Waals surface area contributed by atoms with Gasteiger partial charge in [0, 0.05) is 7.05 Å². The zero-order valence-electron chi connectivity index (χ0n) is 8.62. The maximum absolute atomic E-state index is 8.83. The molecular weight excluding hydrogens is 196 g/mol. The summed E-state index contributed by atoms with van der Waals surface area (Å²) in [6.45, 7) is 2.29. The highest BCUT2D eigenvalue weighted by atomic mass is 16.3. The van der Waals surface area contributed by atoms with Crippen molar-refractivity contribution in [3.05, 3.63) is 23.5 Å². The van der Waals surface area contributed by atoms with Crippen molar-refractivity contribution in [2.75, 3.05) is 0 Å². The van der Waals surface area contributed by atoms with E-state index in [-0.39, 0.29) is 6.61 Å². The molecule has 0 atom stereocenters. The topological polar surface area (TPSA) is 81.7 Å². The molecule has 0 bridgehead atoms. The van der Waals surface area contributed by atoms with E-state index in [2.05, 4.69) is 20.5 Å². The van der Waals surface area contributed by atoms with E-state index < -0.39 is 0 Å². The van der Waals surface area contributed by atoms with Crippen molar-refractivity contribution >= 4 is 0 Å². The second-order valence-electron chi connectivity index (χ2n) is 3.29. The Kier molecular flexibility index (Phi) is 2.46. The summed E-state index contributed by atoms with van der Waals surface area (Å²) in [6.07, 6.45) is 1.68. The van der Waals surface area contributed by atoms with Crippen LogP contribution in [0.15, 0.2) is 6.20 Å². The molecule has 0 aliphatic carbocycles. The van der Waals surface area contributed by atoms with Crippen LogP contribution in [-0.4, -0.2) is 34.9 Å². The van der Waals surface area contributed by atoms with Crippen LogP contribution in [0.4, 0.5) is 0 Å². The molecule has 0 aromatic carbocycles. The van der Waals surface area contributed by atoms with Gasteiger partial charge in [-0.15, -0.1) is 15.3 Å². The van der Waals surface area contributed by atoms with Crippen molar-refractivity contribution in [1.29, 1.82) is 0 Å². The number of rotatable bonds is 3. The zero-order valence-corrected chi connectivity index (χ0v) is 8.62. The molecule has 2 aromatic rings. The van der Waals surface area contributed by atoms with E-state index in [1.807, 2.05) is 18.5 Å². The normalized spacial score (nSPS) is 10.9. The minimum absolute atomic E-state index is 0.0994. The van der Waals surface area contributed by atoms with Gasteiger partial charge in [0.05, 0.1) is 12.8 Å². The van der Waals surface area contributed by atoms with Gasteiger partial charge in [-0.3, -0.25) is 0 Å². The van der Waals surface area contributed by atoms with Crippen LogP contribution in [0, 0.1) is 6.92 Å². The minimum atomic E-state index is -0.0994. The van der Waals surface area contributed by atoms with E-state index in [9.17, 15) is 0 Å². The van der Waals surface area contributed by atoms with Crippen molar-refractivity contribution in [2.45, 2.75) is 20.1 Å². The Labute approximate surface area is 86.4 Å². The number of nitrogens with zero attached hydrogens (tertiary/aromatic N) is 6. The molecule has 0 saturated carbocycles. The third kappa shape index (κ3) is 1.86. The van der Waals surface area contributed by atoms with E-state index in [0.717, 1.165) is 11.6 Å². The fraction of sp³-hybridized carbons (Fsp3) is 0.500. The summed E-state index contributed by atoms with van der Waals surface area (Å²) in [4.78, 5) is 0. The maximum atomic E-state index is 8.83. The predicted molar refractivity (Wildman–Crippen MR) is 50.8 cm³/mol. The Hall–Kier alpha value is -1.76. The van der Waals surface area contributed by atoms with Gasteiger partial charge >= 0.3 is 0 Å². The summed E-state index contributed by atoms with van der Waals surface area (Å²) in [7, 11) is 1.90. The van der Waals surface area contributed by atoms with Gasteiger partial charge in [-0.05, 0) is 6.92 Å². The summed E-state index contributed by atoms with van der Waals surface area (Å²) in [6, 6.07) is 0. The first-order chi connectivity index (χ1) is 7.20. The second kappa shape index (κ2) is 3.77. The number of aryl methyl sites for hydroxylation is 1. The summed E-state index contributed by atoms with van der Waals surface area (Å²) in [5, 5.41) is 24.4. The first kappa shape index (κ1) is 9.78. The maximum Gasteiger partial charge on any atom is 0.154 e. The monoisotopic (exact) mass is 208 g/mol. The van der Waals surface area contributed by atoms with E-state index in [1.54, 1.807) is 10.9 Å². The lowest BCUT2D eigenvalue weighted by molar-refractivity contribution is 0.276. The van der Waals surface area contributed by atoms with E-state index >= 15 is 0 Å². The Morgan fingerprint density at radius 1 is 1.33 bits per heavy atom. The smallest absolute Gasteiger partial charge is 0.154 e. The highest BCUT2D eigenvalue weighted by molar-refractivity contribution is 4.95. The molecule has 0 amide bonds. The van der Waals surface area contributed by atoms with Crippen molar-refractivity contribution in [1.82, 2.24) is 29.8 Å². The van der Waals surface area contributed by atoms with Crippen LogP contribution in [0.1, 0.15) is 17.3 Å². The highest BCUT2D eigenvalue weighted by Gasteiger charge is 2.06. The highest BCUT2D eigenvalue weighted by Crippen LogP contribution is 2.00. The fourth-order valence-electron chi connectivity index (χ4n) is 1.22. The van der Waals surface area contributed by atoms with Gasteiger partial charge in [0.25, 0.3) is 0 Å². The van der Waals surface area contributed by atoms with Crippen molar-refractivity contribution in [3.63, 3.8) is 0 Å². The Bertz CT molecular complexity index is 459. The predicted octanol–water partition coefficient (Wildman–Crippen LogP) is -0.744. The third-order valence-electron chi connectivity index (χ3n) is 2.23. The van der Waals surface area contributed by atoms with E-state index in [4.69, 9.17) is 5.11 Å². The van der Waals surface area contributed by atoms with Crippen LogP contribution < -0.4 is 0 Å². The lowest BCUT2D eigenvalue weighted by Crippen LogP contribution is -2.07. The molecule has 7 nitrogen and oxygen atoms in total. The van der Waals surface area contributed by atoms with Crippen molar-refractivity contribution in [2.24, 2.45) is 7.05 Å². The molecule has 2 heterocycles. The van der Waals surface area contributed by atoms with Crippen LogP contribution in [0.25, 0.3) is 0 Å². The quantitative estimate of drug-likeness (QED) is 0.718. The SMILES string of the molecule is Cc1nnc(Cn2cc(CO)nn2)n1C. The summed E-state index contributed by atoms with van der Waals surface area (Å²) < 4.78 is 3.51. The van der Waals surface area contributed by atoms with Crippen LogP contribution in [0.5, 0.6) is 0 Å². The molecular formula is C8H12N6O. The van der Waals surface area contributed by atoms with Gasteiger partial charge in [-0.2, -0.15) is 0 Å². The molecule has 0 fully saturated rings. The molecule has 0 aliphatic heterocycles. The molecule has 15 heavy (non-hydrogen) atoms. The average Bonchev–Trinajstić information content (AvgIpc) is 2.80. The molecule has 0 spiro atoms. The molecule has 1 N–H and O–H groups in total. The van der Waals surface area contributed by atoms with Gasteiger partial charge in [0.2, 0.25) is 0 Å². The Morgan fingerprint density at radius 3 is 2.67 bits per heavy atom. The summed E-state index contributed by atoms with van der Waals surface area (Å²) in [5.74, 6) is 1.66. The number of hydrogen-bond donors (Lipinski definition) is 1. The first-order valence-corrected chi connectivity index (χ1v) is 4.55. The average molecular weight is 208 g/mol. The lowest BCUT2D eigenvalue weighted by Gasteiger charge is -2.00. The van der Waals surface area contributed by atoms with E-state index in [0.29, 0.717) is 12.2 Å². The van der Waals surface area contributed by atoms with Gasteiger partial charge in [0.15, 0.2) is 5.82 Å². The van der Waals surface area contributed by atoms with Crippen molar-refractivity contribution < 1.29 is 5.11 Å². The number of hydrogen-bond acceptors (Lipinski definition) is 5. The number of aliphatic hydroxyl groups is 1. The largest absolute Gasteiger partial charge is 0.390 e. The molecule has 0 unspecified atom stereocenters. The Morgan fingerprint density at radius 2 is 2.13 bits per heavy atom. The molecule has 80 valence electrons. The molecule has 2 rings (SSSR count). The lowest BCUT2D eigenvalue weighted by atomic mass is 10.5. The fourth-order valence-corrected chi connectivity index (χ4v) is 1.22. The van der Waals surface area contributed by atoms with Gasteiger partial charge in [-0.25, -0.2) is 4.68 Å². The van der Waals surface area contributed by atoms with Gasteiger partial charge in [0.1, 0.15) is 18.1 Å². The van der Waals surface area contributed by atoms with Crippen molar-refractivity contribution in [3.8, 4) is 0 Å². The molecule has 0 aliphatic rings. The van der Waals surface area contributed by atoms with Gasteiger partial charge in [-0.1, -0.05) is 5.21 Å². The zero-order chi connectivity index (χ0) is 10.8. The standard InChI is InChI=1S/C8H12N6O/c1-6-9-11-8(13(6)2)4-14-3-7(5-15)10-12-14/h3,15H,4-5H2,1-2H3. The molecule has 0 radical (unpaired) electrons. The second-order valence-corrected chi connectivity index (χ2v) is 3.29. The first-order valence-electron chi connectivity index (χ1n) is 4.55. The molecule has 7 heteroatoms. The third-order valence-corrected chi connectivity index (χ3v) is 2.23. The van der Waals surface area contributed by atoms with Crippen LogP contribution in [0.3, 0.4) is 0 Å². The van der Waals surface area contributed by atoms with Crippen LogP contribution >= 0.6 is 0 Å².